The number of fused-ring (bicyclic) bond motifs is 1. The van der Waals surface area contributed by atoms with Crippen molar-refractivity contribution in [1.29, 1.82) is 0 Å². The zero-order valence-electron chi connectivity index (χ0n) is 10.7. The highest BCUT2D eigenvalue weighted by atomic mass is 32.1. The number of hydrogen-bond donors (Lipinski definition) is 1. The maximum atomic E-state index is 12.4. The number of anilines is 1. The van der Waals surface area contributed by atoms with E-state index in [1.54, 1.807) is 47.5 Å². The number of nitrogens with zero attached hydrogens (tertiary/aromatic N) is 1. The van der Waals surface area contributed by atoms with Crippen molar-refractivity contribution in [1.82, 2.24) is 0 Å². The molecule has 0 aliphatic heterocycles. The molecule has 0 radical (unpaired) electrons. The van der Waals surface area contributed by atoms with Crippen molar-refractivity contribution in [2.45, 2.75) is 19.3 Å². The molecule has 1 aromatic carbocycles. The Balaban J connectivity index is 1.84. The molecule has 4 heteroatoms. The van der Waals surface area contributed by atoms with Gasteiger partial charge in [-0.25, -0.2) is 0 Å². The van der Waals surface area contributed by atoms with Crippen LogP contribution in [0.4, 0.5) is 5.69 Å². The van der Waals surface area contributed by atoms with Gasteiger partial charge < -0.3 is 10.0 Å². The third kappa shape index (κ3) is 2.24. The van der Waals surface area contributed by atoms with Crippen LogP contribution in [0.5, 0.6) is 5.75 Å². The van der Waals surface area contributed by atoms with Crippen LogP contribution < -0.4 is 4.90 Å². The summed E-state index contributed by atoms with van der Waals surface area (Å²) >= 11 is 1.62. The quantitative estimate of drug-likeness (QED) is 0.912. The third-order valence-corrected chi connectivity index (χ3v) is 4.72. The fourth-order valence-corrected chi connectivity index (χ4v) is 3.62. The molecule has 1 N–H and O–H groups in total. The maximum Gasteiger partial charge on any atom is 0.268 e. The van der Waals surface area contributed by atoms with Crippen molar-refractivity contribution >= 4 is 22.9 Å². The van der Waals surface area contributed by atoms with Gasteiger partial charge in [0.05, 0.1) is 4.88 Å². The predicted octanol–water partition coefficient (Wildman–Crippen LogP) is 3.22. The lowest BCUT2D eigenvalue weighted by Crippen LogP contribution is -2.25. The van der Waals surface area contributed by atoms with E-state index in [2.05, 4.69) is 0 Å². The van der Waals surface area contributed by atoms with Crippen molar-refractivity contribution in [3.8, 4) is 5.75 Å². The lowest BCUT2D eigenvalue weighted by atomic mass is 10.2. The number of rotatable bonds is 2. The number of hydrogen-bond acceptors (Lipinski definition) is 3. The Morgan fingerprint density at radius 1 is 1.26 bits per heavy atom. The van der Waals surface area contributed by atoms with Crippen LogP contribution in [0.15, 0.2) is 30.3 Å². The zero-order chi connectivity index (χ0) is 13.4. The molecule has 3 rings (SSSR count). The molecule has 0 spiro atoms. The molecule has 3 nitrogen and oxygen atoms in total. The molecular formula is C15H15NO2S. The smallest absolute Gasteiger partial charge is 0.268 e. The second-order valence-corrected chi connectivity index (χ2v) is 5.93. The summed E-state index contributed by atoms with van der Waals surface area (Å²) in [5.74, 6) is 0.227. The molecule has 98 valence electrons. The molecule has 1 aliphatic carbocycles. The first-order valence-electron chi connectivity index (χ1n) is 6.34. The summed E-state index contributed by atoms with van der Waals surface area (Å²) < 4.78 is 0. The molecule has 1 heterocycles. The monoisotopic (exact) mass is 273 g/mol. The Morgan fingerprint density at radius 2 is 2.00 bits per heavy atom. The largest absolute Gasteiger partial charge is 0.508 e. The van der Waals surface area contributed by atoms with Crippen molar-refractivity contribution in [3.05, 3.63) is 45.6 Å². The van der Waals surface area contributed by atoms with Crippen molar-refractivity contribution in [3.63, 3.8) is 0 Å². The van der Waals surface area contributed by atoms with Crippen LogP contribution in [0.25, 0.3) is 0 Å². The van der Waals surface area contributed by atoms with E-state index in [1.807, 2.05) is 6.07 Å². The number of phenolic OH excluding ortho intramolecular Hbond substituents is 1. The van der Waals surface area contributed by atoms with E-state index in [4.69, 9.17) is 0 Å². The fourth-order valence-electron chi connectivity index (χ4n) is 2.39. The first-order chi connectivity index (χ1) is 9.15. The van der Waals surface area contributed by atoms with E-state index in [1.165, 1.54) is 16.9 Å². The Labute approximate surface area is 116 Å². The number of aryl methyl sites for hydroxylation is 2. The van der Waals surface area contributed by atoms with Gasteiger partial charge >= 0.3 is 0 Å². The molecule has 0 fully saturated rings. The van der Waals surface area contributed by atoms with Crippen LogP contribution >= 0.6 is 11.3 Å². The Hall–Kier alpha value is -1.81. The molecule has 1 amide bonds. The first kappa shape index (κ1) is 12.2. The number of phenols is 1. The average Bonchev–Trinajstić information content (AvgIpc) is 2.98. The van der Waals surface area contributed by atoms with E-state index < -0.39 is 0 Å². The second-order valence-electron chi connectivity index (χ2n) is 4.79. The highest BCUT2D eigenvalue weighted by Gasteiger charge is 2.21. The van der Waals surface area contributed by atoms with Crippen LogP contribution in [0.3, 0.4) is 0 Å². The topological polar surface area (TPSA) is 40.5 Å². The lowest BCUT2D eigenvalue weighted by Gasteiger charge is -2.16. The van der Waals surface area contributed by atoms with Crippen LogP contribution in [0.2, 0.25) is 0 Å². The van der Waals surface area contributed by atoms with Gasteiger partial charge in [-0.2, -0.15) is 0 Å². The Bertz CT molecular complexity index is 594. The first-order valence-corrected chi connectivity index (χ1v) is 7.15. The molecule has 0 atom stereocenters. The van der Waals surface area contributed by atoms with Gasteiger partial charge in [-0.15, -0.1) is 11.3 Å². The van der Waals surface area contributed by atoms with Crippen molar-refractivity contribution in [2.75, 3.05) is 11.9 Å². The number of aromatic hydroxyl groups is 1. The predicted molar refractivity (Wildman–Crippen MR) is 77.2 cm³/mol. The number of benzene rings is 1. The highest BCUT2D eigenvalue weighted by molar-refractivity contribution is 7.14. The molecule has 0 bridgehead atoms. The maximum absolute atomic E-state index is 12.4. The van der Waals surface area contributed by atoms with Gasteiger partial charge in [0, 0.05) is 17.6 Å². The summed E-state index contributed by atoms with van der Waals surface area (Å²) in [7, 11) is 1.76. The SMILES string of the molecule is CN(C(=O)c1cc2c(s1)CCC2)c1ccc(O)cc1. The summed E-state index contributed by atoms with van der Waals surface area (Å²) in [6.45, 7) is 0. The minimum atomic E-state index is 0.0186. The van der Waals surface area contributed by atoms with Crippen molar-refractivity contribution < 1.29 is 9.90 Å². The van der Waals surface area contributed by atoms with Crippen molar-refractivity contribution in [2.24, 2.45) is 0 Å². The van der Waals surface area contributed by atoms with Gasteiger partial charge in [0.2, 0.25) is 0 Å². The average molecular weight is 273 g/mol. The minimum Gasteiger partial charge on any atom is -0.508 e. The van der Waals surface area contributed by atoms with Crippen LogP contribution in [0.1, 0.15) is 26.5 Å². The van der Waals surface area contributed by atoms with Crippen LogP contribution in [-0.2, 0) is 12.8 Å². The Kier molecular flexibility index (Phi) is 3.03. The van der Waals surface area contributed by atoms with Crippen LogP contribution in [0, 0.1) is 0 Å². The van der Waals surface area contributed by atoms with Gasteiger partial charge in [-0.05, 0) is 55.2 Å². The van der Waals surface area contributed by atoms with Gasteiger partial charge in [-0.3, -0.25) is 4.79 Å². The highest BCUT2D eigenvalue weighted by Crippen LogP contribution is 2.31. The Morgan fingerprint density at radius 3 is 2.68 bits per heavy atom. The third-order valence-electron chi connectivity index (χ3n) is 3.50. The van der Waals surface area contributed by atoms with Gasteiger partial charge in [0.15, 0.2) is 0 Å². The zero-order valence-corrected chi connectivity index (χ0v) is 11.5. The number of thiophene rings is 1. The molecular weight excluding hydrogens is 258 g/mol. The molecule has 2 aromatic rings. The van der Waals surface area contributed by atoms with Gasteiger partial charge in [0.25, 0.3) is 5.91 Å². The standard InChI is InChI=1S/C15H15NO2S/c1-16(11-5-7-12(17)8-6-11)15(18)14-9-10-3-2-4-13(10)19-14/h5-9,17H,2-4H2,1H3. The fraction of sp³-hybridized carbons (Fsp3) is 0.267. The number of carbonyl (C=O) groups is 1. The molecule has 0 unspecified atom stereocenters. The van der Waals surface area contributed by atoms with Gasteiger partial charge in [-0.1, -0.05) is 0 Å². The summed E-state index contributed by atoms with van der Waals surface area (Å²) in [5, 5.41) is 9.27. The van der Waals surface area contributed by atoms with E-state index in [-0.39, 0.29) is 11.7 Å². The molecule has 0 saturated carbocycles. The van der Waals surface area contributed by atoms with E-state index in [9.17, 15) is 9.90 Å². The number of carbonyl (C=O) groups excluding carboxylic acids is 1. The van der Waals surface area contributed by atoms with E-state index >= 15 is 0 Å². The summed E-state index contributed by atoms with van der Waals surface area (Å²) in [6.07, 6.45) is 3.42. The lowest BCUT2D eigenvalue weighted by molar-refractivity contribution is 0.0996. The van der Waals surface area contributed by atoms with E-state index in [0.29, 0.717) is 0 Å². The summed E-state index contributed by atoms with van der Waals surface area (Å²) in [6, 6.07) is 8.70. The van der Waals surface area contributed by atoms with Gasteiger partial charge in [0.1, 0.15) is 5.75 Å². The normalized spacial score (nSPS) is 13.3. The molecule has 0 saturated heterocycles. The molecule has 1 aromatic heterocycles. The number of amides is 1. The molecule has 1 aliphatic rings. The summed E-state index contributed by atoms with van der Waals surface area (Å²) in [4.78, 5) is 16.2. The van der Waals surface area contributed by atoms with E-state index in [0.717, 1.165) is 23.4 Å². The van der Waals surface area contributed by atoms with Crippen LogP contribution in [-0.4, -0.2) is 18.1 Å². The molecule has 19 heavy (non-hydrogen) atoms. The summed E-state index contributed by atoms with van der Waals surface area (Å²) in [5.41, 5.74) is 2.13. The second kappa shape index (κ2) is 4.70. The minimum absolute atomic E-state index is 0.0186.